The van der Waals surface area contributed by atoms with E-state index in [0.29, 0.717) is 12.5 Å². The lowest BCUT2D eigenvalue weighted by atomic mass is 10.1. The van der Waals surface area contributed by atoms with Crippen molar-refractivity contribution >= 4 is 10.8 Å². The van der Waals surface area contributed by atoms with E-state index >= 15 is 0 Å². The van der Waals surface area contributed by atoms with Crippen LogP contribution < -0.4 is 5.73 Å². The lowest BCUT2D eigenvalue weighted by molar-refractivity contribution is 0.557. The monoisotopic (exact) mass is 251 g/mol. The lowest BCUT2D eigenvalue weighted by Crippen LogP contribution is -2.26. The van der Waals surface area contributed by atoms with Gasteiger partial charge in [0, 0.05) is 10.1 Å². The molecule has 0 aliphatic heterocycles. The summed E-state index contributed by atoms with van der Waals surface area (Å²) in [6.07, 6.45) is 3.36. The zero-order valence-electron chi connectivity index (χ0n) is 10.6. The van der Waals surface area contributed by atoms with Gasteiger partial charge in [-0.1, -0.05) is 12.5 Å². The number of hydrogen-bond acceptors (Lipinski definition) is 2. The molecular weight excluding hydrogens is 230 g/mol. The smallest absolute Gasteiger partial charge is 0.0564 e. The molecule has 1 aliphatic carbocycles. The van der Waals surface area contributed by atoms with E-state index in [0.717, 1.165) is 17.7 Å². The molecule has 0 bridgehead atoms. The molecule has 3 heteroatoms. The van der Waals surface area contributed by atoms with Crippen molar-refractivity contribution in [1.82, 2.24) is 0 Å². The van der Waals surface area contributed by atoms with E-state index in [1.54, 1.807) is 0 Å². The van der Waals surface area contributed by atoms with Crippen LogP contribution in [-0.4, -0.2) is 16.0 Å². The summed E-state index contributed by atoms with van der Waals surface area (Å²) in [5.41, 5.74) is 8.24. The minimum atomic E-state index is -0.887. The van der Waals surface area contributed by atoms with Gasteiger partial charge >= 0.3 is 0 Å². The SMILES string of the molecule is Cc1ccc(S(=O)C2CCCC2CN)cc1C. The number of nitrogens with two attached hydrogens (primary N) is 1. The Labute approximate surface area is 106 Å². The molecule has 17 heavy (non-hydrogen) atoms. The molecule has 2 N–H and O–H groups in total. The van der Waals surface area contributed by atoms with Crippen molar-refractivity contribution < 1.29 is 4.21 Å². The molecule has 1 fully saturated rings. The Morgan fingerprint density at radius 1 is 1.29 bits per heavy atom. The van der Waals surface area contributed by atoms with E-state index < -0.39 is 10.8 Å². The summed E-state index contributed by atoms with van der Waals surface area (Å²) < 4.78 is 12.5. The minimum absolute atomic E-state index is 0.266. The Bertz CT molecular complexity index is 430. The van der Waals surface area contributed by atoms with E-state index in [1.165, 1.54) is 17.5 Å². The predicted octanol–water partition coefficient (Wildman–Crippen LogP) is 2.54. The maximum absolute atomic E-state index is 12.5. The third-order valence-electron chi connectivity index (χ3n) is 3.88. The van der Waals surface area contributed by atoms with Crippen LogP contribution in [0.3, 0.4) is 0 Å². The van der Waals surface area contributed by atoms with Crippen molar-refractivity contribution in [1.29, 1.82) is 0 Å². The van der Waals surface area contributed by atoms with E-state index in [4.69, 9.17) is 5.73 Å². The minimum Gasteiger partial charge on any atom is -0.330 e. The van der Waals surface area contributed by atoms with E-state index in [-0.39, 0.29) is 5.25 Å². The summed E-state index contributed by atoms with van der Waals surface area (Å²) >= 11 is 0. The molecular formula is C14H21NOS. The van der Waals surface area contributed by atoms with Gasteiger partial charge in [-0.25, -0.2) is 0 Å². The van der Waals surface area contributed by atoms with Gasteiger partial charge in [0.15, 0.2) is 0 Å². The van der Waals surface area contributed by atoms with Crippen LogP contribution in [0, 0.1) is 19.8 Å². The molecule has 94 valence electrons. The molecule has 1 aromatic rings. The second-order valence-electron chi connectivity index (χ2n) is 5.01. The van der Waals surface area contributed by atoms with Crippen LogP contribution in [0.5, 0.6) is 0 Å². The Morgan fingerprint density at radius 2 is 2.06 bits per heavy atom. The normalized spacial score (nSPS) is 26.1. The Balaban J connectivity index is 2.21. The first-order valence-corrected chi connectivity index (χ1v) is 7.52. The molecule has 1 aromatic carbocycles. The quantitative estimate of drug-likeness (QED) is 0.897. The van der Waals surface area contributed by atoms with Gasteiger partial charge in [0.1, 0.15) is 0 Å². The first-order valence-electron chi connectivity index (χ1n) is 6.31. The Kier molecular flexibility index (Phi) is 4.00. The molecule has 1 saturated carbocycles. The summed E-state index contributed by atoms with van der Waals surface area (Å²) in [6, 6.07) is 6.14. The standard InChI is InChI=1S/C14H21NOS/c1-10-6-7-13(8-11(10)2)17(16)14-5-3-4-12(14)9-15/h6-8,12,14H,3-5,9,15H2,1-2H3. The number of rotatable bonds is 3. The van der Waals surface area contributed by atoms with Gasteiger partial charge in [-0.3, -0.25) is 4.21 Å². The van der Waals surface area contributed by atoms with Crippen LogP contribution in [0.2, 0.25) is 0 Å². The van der Waals surface area contributed by atoms with Gasteiger partial charge in [0.25, 0.3) is 0 Å². The molecule has 0 radical (unpaired) electrons. The van der Waals surface area contributed by atoms with E-state index in [9.17, 15) is 4.21 Å². The first kappa shape index (κ1) is 12.8. The molecule has 0 spiro atoms. The molecule has 0 saturated heterocycles. The predicted molar refractivity (Wildman–Crippen MR) is 72.5 cm³/mol. The van der Waals surface area contributed by atoms with Crippen molar-refractivity contribution in [3.63, 3.8) is 0 Å². The largest absolute Gasteiger partial charge is 0.330 e. The summed E-state index contributed by atoms with van der Waals surface area (Å²) in [7, 11) is -0.887. The fourth-order valence-corrected chi connectivity index (χ4v) is 4.39. The van der Waals surface area contributed by atoms with Crippen molar-refractivity contribution in [3.05, 3.63) is 29.3 Å². The molecule has 0 heterocycles. The first-order chi connectivity index (χ1) is 8.13. The van der Waals surface area contributed by atoms with Crippen LogP contribution >= 0.6 is 0 Å². The average Bonchev–Trinajstić information content (AvgIpc) is 2.80. The fourth-order valence-electron chi connectivity index (χ4n) is 2.57. The van der Waals surface area contributed by atoms with E-state index in [2.05, 4.69) is 26.0 Å². The van der Waals surface area contributed by atoms with Gasteiger partial charge in [0.05, 0.1) is 10.8 Å². The van der Waals surface area contributed by atoms with Gasteiger partial charge in [-0.15, -0.1) is 0 Å². The number of benzene rings is 1. The average molecular weight is 251 g/mol. The van der Waals surface area contributed by atoms with Crippen molar-refractivity contribution in [2.24, 2.45) is 11.7 Å². The summed E-state index contributed by atoms with van der Waals surface area (Å²) in [5.74, 6) is 0.442. The molecule has 3 atom stereocenters. The molecule has 2 nitrogen and oxygen atoms in total. The fraction of sp³-hybridized carbons (Fsp3) is 0.571. The van der Waals surface area contributed by atoms with Gasteiger partial charge in [-0.05, 0) is 62.4 Å². The van der Waals surface area contributed by atoms with Crippen LogP contribution in [0.25, 0.3) is 0 Å². The summed E-state index contributed by atoms with van der Waals surface area (Å²) in [6.45, 7) is 4.83. The zero-order chi connectivity index (χ0) is 12.4. The topological polar surface area (TPSA) is 43.1 Å². The number of aryl methyl sites for hydroxylation is 2. The highest BCUT2D eigenvalue weighted by atomic mass is 32.2. The van der Waals surface area contributed by atoms with Crippen LogP contribution in [0.4, 0.5) is 0 Å². The van der Waals surface area contributed by atoms with Gasteiger partial charge in [-0.2, -0.15) is 0 Å². The van der Waals surface area contributed by atoms with Crippen molar-refractivity contribution in [2.45, 2.75) is 43.3 Å². The maximum atomic E-state index is 12.5. The second kappa shape index (κ2) is 5.32. The maximum Gasteiger partial charge on any atom is 0.0564 e. The molecule has 2 rings (SSSR count). The van der Waals surface area contributed by atoms with Crippen molar-refractivity contribution in [3.8, 4) is 0 Å². The Hall–Kier alpha value is -0.670. The summed E-state index contributed by atoms with van der Waals surface area (Å²) in [5, 5.41) is 0.266. The van der Waals surface area contributed by atoms with Gasteiger partial charge in [0.2, 0.25) is 0 Å². The third kappa shape index (κ3) is 2.61. The van der Waals surface area contributed by atoms with Crippen LogP contribution in [-0.2, 0) is 10.8 Å². The molecule has 3 unspecified atom stereocenters. The number of hydrogen-bond donors (Lipinski definition) is 1. The van der Waals surface area contributed by atoms with E-state index in [1.807, 2.05) is 6.07 Å². The highest BCUT2D eigenvalue weighted by Gasteiger charge is 2.31. The second-order valence-corrected chi connectivity index (χ2v) is 6.68. The highest BCUT2D eigenvalue weighted by molar-refractivity contribution is 7.85. The zero-order valence-corrected chi connectivity index (χ0v) is 11.4. The lowest BCUT2D eigenvalue weighted by Gasteiger charge is -2.17. The Morgan fingerprint density at radius 3 is 2.71 bits per heavy atom. The van der Waals surface area contributed by atoms with Crippen molar-refractivity contribution in [2.75, 3.05) is 6.54 Å². The van der Waals surface area contributed by atoms with Crippen LogP contribution in [0.15, 0.2) is 23.1 Å². The van der Waals surface area contributed by atoms with Crippen LogP contribution in [0.1, 0.15) is 30.4 Å². The highest BCUT2D eigenvalue weighted by Crippen LogP contribution is 2.32. The molecule has 0 amide bonds. The third-order valence-corrected chi connectivity index (χ3v) is 5.77. The molecule has 0 aromatic heterocycles. The molecule has 1 aliphatic rings. The van der Waals surface area contributed by atoms with Gasteiger partial charge < -0.3 is 5.73 Å². The summed E-state index contributed by atoms with van der Waals surface area (Å²) in [4.78, 5) is 0.971.